The van der Waals surface area contributed by atoms with Gasteiger partial charge in [0, 0.05) is 51.1 Å². The van der Waals surface area contributed by atoms with Crippen LogP contribution in [-0.2, 0) is 11.3 Å². The largest absolute Gasteiger partial charge is 0.495 e. The van der Waals surface area contributed by atoms with Gasteiger partial charge in [0.15, 0.2) is 11.5 Å². The van der Waals surface area contributed by atoms with Gasteiger partial charge in [-0.1, -0.05) is 23.7 Å². The second-order valence-electron chi connectivity index (χ2n) is 10.7. The minimum absolute atomic E-state index is 0.0560. The van der Waals surface area contributed by atoms with Crippen LogP contribution in [0.2, 0.25) is 5.02 Å². The van der Waals surface area contributed by atoms with E-state index in [1.165, 1.54) is 0 Å². The molecule has 2 aliphatic rings. The van der Waals surface area contributed by atoms with Crippen molar-refractivity contribution in [3.8, 4) is 23.1 Å². The highest BCUT2D eigenvalue weighted by molar-refractivity contribution is 6.32. The van der Waals surface area contributed by atoms with Gasteiger partial charge in [0.25, 0.3) is 0 Å². The summed E-state index contributed by atoms with van der Waals surface area (Å²) < 4.78 is 18.6. The van der Waals surface area contributed by atoms with Crippen LogP contribution < -0.4 is 24.4 Å². The van der Waals surface area contributed by atoms with Crippen LogP contribution in [0.4, 0.5) is 5.82 Å². The molecule has 2 atom stereocenters. The number of methoxy groups -OCH3 is 1. The quantitative estimate of drug-likeness (QED) is 0.303. The van der Waals surface area contributed by atoms with E-state index >= 15 is 0 Å². The van der Waals surface area contributed by atoms with Crippen molar-refractivity contribution in [3.05, 3.63) is 83.7 Å². The van der Waals surface area contributed by atoms with Gasteiger partial charge in [0.2, 0.25) is 5.91 Å². The number of anilines is 1. The van der Waals surface area contributed by atoms with Gasteiger partial charge in [-0.3, -0.25) is 14.3 Å². The second-order valence-corrected chi connectivity index (χ2v) is 11.1. The number of nitrogens with one attached hydrogen (secondary N) is 1. The number of halogens is 1. The number of amides is 1. The Balaban J connectivity index is 1.19. The number of rotatable bonds is 9. The molecule has 1 fully saturated rings. The number of fused-ring (bicyclic) bond motifs is 1. The van der Waals surface area contributed by atoms with Crippen molar-refractivity contribution in [3.63, 3.8) is 0 Å². The summed E-state index contributed by atoms with van der Waals surface area (Å²) in [5, 5.41) is 3.66. The van der Waals surface area contributed by atoms with Crippen LogP contribution >= 0.6 is 11.6 Å². The Morgan fingerprint density at radius 2 is 1.93 bits per heavy atom. The van der Waals surface area contributed by atoms with Crippen LogP contribution in [0.5, 0.6) is 17.2 Å². The fourth-order valence-corrected chi connectivity index (χ4v) is 5.83. The van der Waals surface area contributed by atoms with E-state index in [2.05, 4.69) is 36.1 Å². The maximum atomic E-state index is 13.5. The molecular weight excluding hydrogens is 570 g/mol. The van der Waals surface area contributed by atoms with Crippen LogP contribution in [0.15, 0.2) is 67.5 Å². The minimum atomic E-state index is -0.228. The summed E-state index contributed by atoms with van der Waals surface area (Å²) in [6.45, 7) is 5.97. The molecule has 2 unspecified atom stereocenters. The number of benzene rings is 2. The van der Waals surface area contributed by atoms with E-state index in [1.54, 1.807) is 26.0 Å². The smallest absolute Gasteiger partial charge is 0.222 e. The lowest BCUT2D eigenvalue weighted by molar-refractivity contribution is -0.122. The van der Waals surface area contributed by atoms with Crippen LogP contribution in [0.1, 0.15) is 30.5 Å². The predicted octanol–water partition coefficient (Wildman–Crippen LogP) is 4.05. The lowest BCUT2D eigenvalue weighted by atomic mass is 10.0. The molecular formula is C31H34ClN7O4. The van der Waals surface area contributed by atoms with Crippen LogP contribution in [0.25, 0.3) is 5.82 Å². The van der Waals surface area contributed by atoms with E-state index in [1.807, 2.05) is 54.1 Å². The Morgan fingerprint density at radius 1 is 1.09 bits per heavy atom. The summed E-state index contributed by atoms with van der Waals surface area (Å²) in [5.74, 6) is 3.58. The first kappa shape index (κ1) is 28.8. The number of aromatic nitrogens is 4. The van der Waals surface area contributed by atoms with Gasteiger partial charge >= 0.3 is 0 Å². The fourth-order valence-electron chi connectivity index (χ4n) is 5.56. The van der Waals surface area contributed by atoms with Gasteiger partial charge < -0.3 is 24.4 Å². The molecule has 1 saturated heterocycles. The zero-order valence-corrected chi connectivity index (χ0v) is 24.9. The topological polar surface area (TPSA) is 107 Å². The molecule has 2 aliphatic heterocycles. The molecule has 0 radical (unpaired) electrons. The lowest BCUT2D eigenvalue weighted by Crippen LogP contribution is -2.54. The number of imidazole rings is 1. The fraction of sp³-hybridized carbons (Fsp3) is 0.355. The second kappa shape index (κ2) is 12.9. The van der Waals surface area contributed by atoms with E-state index < -0.39 is 0 Å². The first-order valence-electron chi connectivity index (χ1n) is 14.3. The maximum Gasteiger partial charge on any atom is 0.222 e. The monoisotopic (exact) mass is 603 g/mol. The normalized spacial score (nSPS) is 17.4. The SMILES string of the molecule is COc1ccc(C(C)NC(=O)CC2CN(Cc3ccc4c(c3)OCCO4)CCN2c2cc(-n3ccnc3)ncn2)cc1Cl. The maximum absolute atomic E-state index is 13.5. The predicted molar refractivity (Wildman–Crippen MR) is 162 cm³/mol. The van der Waals surface area contributed by atoms with E-state index in [0.29, 0.717) is 37.1 Å². The van der Waals surface area contributed by atoms with E-state index in [0.717, 1.165) is 47.4 Å². The molecule has 0 bridgehead atoms. The van der Waals surface area contributed by atoms with Gasteiger partial charge in [-0.05, 0) is 42.3 Å². The zero-order valence-electron chi connectivity index (χ0n) is 24.1. The van der Waals surface area contributed by atoms with E-state index in [9.17, 15) is 4.79 Å². The van der Waals surface area contributed by atoms with Gasteiger partial charge in [-0.25, -0.2) is 15.0 Å². The highest BCUT2D eigenvalue weighted by Crippen LogP contribution is 2.32. The number of hydrogen-bond donors (Lipinski definition) is 1. The average molecular weight is 604 g/mol. The summed E-state index contributed by atoms with van der Waals surface area (Å²) in [7, 11) is 1.58. The lowest BCUT2D eigenvalue weighted by Gasteiger charge is -2.42. The first-order valence-corrected chi connectivity index (χ1v) is 14.7. The molecule has 6 rings (SSSR count). The van der Waals surface area contributed by atoms with E-state index in [4.69, 9.17) is 25.8 Å². The Bertz CT molecular complexity index is 1570. The van der Waals surface area contributed by atoms with Crippen LogP contribution in [0, 0.1) is 0 Å². The van der Waals surface area contributed by atoms with Gasteiger partial charge in [-0.15, -0.1) is 0 Å². The Hall–Kier alpha value is -4.35. The van der Waals surface area contributed by atoms with Crippen molar-refractivity contribution in [1.29, 1.82) is 0 Å². The molecule has 1 amide bonds. The third-order valence-corrected chi connectivity index (χ3v) is 8.05. The first-order chi connectivity index (χ1) is 21.0. The standard InChI is InChI=1S/C31H34ClN7O4/c1-21(23-4-6-26(41-2)25(32)14-23)36-31(40)15-24-18-37(17-22-3-5-27-28(13-22)43-12-11-42-27)9-10-39(24)30-16-29(34-19-35-30)38-8-7-33-20-38/h3-8,13-14,16,19-21,24H,9-12,15,17-18H2,1-2H3,(H,36,40). The van der Waals surface area contributed by atoms with Crippen molar-refractivity contribution in [2.24, 2.45) is 0 Å². The molecule has 43 heavy (non-hydrogen) atoms. The third-order valence-electron chi connectivity index (χ3n) is 7.76. The van der Waals surface area contributed by atoms with Gasteiger partial charge in [0.05, 0.1) is 24.2 Å². The zero-order chi connectivity index (χ0) is 29.8. The Morgan fingerprint density at radius 3 is 2.72 bits per heavy atom. The Kier molecular flexibility index (Phi) is 8.62. The molecule has 0 saturated carbocycles. The summed E-state index contributed by atoms with van der Waals surface area (Å²) in [4.78, 5) is 31.2. The number of carbonyl (C=O) groups excluding carboxylic acids is 1. The molecule has 12 heteroatoms. The summed E-state index contributed by atoms with van der Waals surface area (Å²) in [6, 6.07) is 13.2. The van der Waals surface area contributed by atoms with Crippen molar-refractivity contribution in [2.75, 3.05) is 44.9 Å². The summed E-state index contributed by atoms with van der Waals surface area (Å²) in [6.07, 6.45) is 7.10. The molecule has 0 aliphatic carbocycles. The molecule has 224 valence electrons. The van der Waals surface area contributed by atoms with Crippen molar-refractivity contribution >= 4 is 23.3 Å². The number of carbonyl (C=O) groups is 1. The summed E-state index contributed by atoms with van der Waals surface area (Å²) in [5.41, 5.74) is 2.04. The molecule has 11 nitrogen and oxygen atoms in total. The Labute approximate surface area is 255 Å². The van der Waals surface area contributed by atoms with Gasteiger partial charge in [0.1, 0.15) is 43.3 Å². The van der Waals surface area contributed by atoms with Crippen molar-refractivity contribution in [2.45, 2.75) is 32.0 Å². The number of nitrogens with zero attached hydrogens (tertiary/aromatic N) is 6. The molecule has 4 heterocycles. The minimum Gasteiger partial charge on any atom is -0.495 e. The van der Waals surface area contributed by atoms with E-state index in [-0.39, 0.29) is 24.4 Å². The molecule has 2 aromatic carbocycles. The highest BCUT2D eigenvalue weighted by Gasteiger charge is 2.31. The number of hydrogen-bond acceptors (Lipinski definition) is 9. The van der Waals surface area contributed by atoms with Crippen molar-refractivity contribution in [1.82, 2.24) is 29.7 Å². The van der Waals surface area contributed by atoms with Crippen LogP contribution in [-0.4, -0.2) is 76.3 Å². The molecule has 4 aromatic rings. The van der Waals surface area contributed by atoms with Crippen molar-refractivity contribution < 1.29 is 19.0 Å². The summed E-state index contributed by atoms with van der Waals surface area (Å²) >= 11 is 6.34. The molecule has 1 N–H and O–H groups in total. The number of ether oxygens (including phenoxy) is 3. The highest BCUT2D eigenvalue weighted by atomic mass is 35.5. The molecule has 0 spiro atoms. The third kappa shape index (κ3) is 6.68. The molecule has 2 aromatic heterocycles. The van der Waals surface area contributed by atoms with Gasteiger partial charge in [-0.2, -0.15) is 0 Å². The van der Waals surface area contributed by atoms with Crippen LogP contribution in [0.3, 0.4) is 0 Å². The number of piperazine rings is 1. The average Bonchev–Trinajstić information content (AvgIpc) is 3.57.